The van der Waals surface area contributed by atoms with Gasteiger partial charge < -0.3 is 10.6 Å². The minimum Gasteiger partial charge on any atom is -0.337 e. The Morgan fingerprint density at radius 1 is 1.65 bits per heavy atom. The van der Waals surface area contributed by atoms with Crippen LogP contribution in [0.1, 0.15) is 29.1 Å². The zero-order chi connectivity index (χ0) is 13.0. The molecule has 0 spiro atoms. The lowest BCUT2D eigenvalue weighted by Gasteiger charge is -2.26. The van der Waals surface area contributed by atoms with Crippen LogP contribution in [-0.4, -0.2) is 23.9 Å². The Hall–Kier alpha value is -1.31. The molecular weight excluding hydrogens is 232 g/mol. The van der Waals surface area contributed by atoms with Crippen LogP contribution in [0.3, 0.4) is 0 Å². The molecule has 1 heterocycles. The highest BCUT2D eigenvalue weighted by molar-refractivity contribution is 7.12. The van der Waals surface area contributed by atoms with E-state index in [1.165, 1.54) is 4.88 Å². The number of nitrogens with two attached hydrogens (primary N) is 1. The van der Waals surface area contributed by atoms with Crippen LogP contribution in [0.15, 0.2) is 12.1 Å². The van der Waals surface area contributed by atoms with Crippen molar-refractivity contribution in [3.8, 4) is 12.3 Å². The molecule has 0 saturated carbocycles. The van der Waals surface area contributed by atoms with E-state index in [-0.39, 0.29) is 18.4 Å². The molecule has 0 bridgehead atoms. The number of rotatable bonds is 4. The van der Waals surface area contributed by atoms with E-state index in [4.69, 9.17) is 12.2 Å². The van der Waals surface area contributed by atoms with E-state index in [9.17, 15) is 4.79 Å². The maximum atomic E-state index is 12.0. The molecule has 4 heteroatoms. The average molecular weight is 250 g/mol. The van der Waals surface area contributed by atoms with Gasteiger partial charge >= 0.3 is 0 Å². The zero-order valence-corrected chi connectivity index (χ0v) is 11.3. The van der Waals surface area contributed by atoms with E-state index < -0.39 is 6.04 Å². The van der Waals surface area contributed by atoms with Crippen molar-refractivity contribution in [2.24, 2.45) is 5.73 Å². The quantitative estimate of drug-likeness (QED) is 0.830. The average Bonchev–Trinajstić information content (AvgIpc) is 2.73. The van der Waals surface area contributed by atoms with Crippen LogP contribution in [0, 0.1) is 19.3 Å². The van der Waals surface area contributed by atoms with Crippen LogP contribution in [0.4, 0.5) is 0 Å². The Balaban J connectivity index is 2.73. The van der Waals surface area contributed by atoms with E-state index in [1.807, 2.05) is 19.9 Å². The Labute approximate surface area is 107 Å². The number of terminal acetylenes is 1. The predicted molar refractivity (Wildman–Crippen MR) is 71.7 cm³/mol. The van der Waals surface area contributed by atoms with Crippen LogP contribution in [0.25, 0.3) is 0 Å². The minimum absolute atomic E-state index is 0.0324. The van der Waals surface area contributed by atoms with Gasteiger partial charge in [0, 0.05) is 23.2 Å². The number of hydrogen-bond acceptors (Lipinski definition) is 3. The number of nitrogens with zero attached hydrogens (tertiary/aromatic N) is 1. The fourth-order valence-electron chi connectivity index (χ4n) is 1.54. The number of thiophene rings is 1. The zero-order valence-electron chi connectivity index (χ0n) is 10.4. The first-order valence-electron chi connectivity index (χ1n) is 5.49. The number of carbonyl (C=O) groups excluding carboxylic acids is 1. The lowest BCUT2D eigenvalue weighted by molar-refractivity contribution is -0.133. The van der Waals surface area contributed by atoms with Gasteiger partial charge in [-0.2, -0.15) is 0 Å². The molecule has 0 fully saturated rings. The first kappa shape index (κ1) is 13.8. The Bertz CT molecular complexity index is 433. The summed E-state index contributed by atoms with van der Waals surface area (Å²) in [6.07, 6.45) is 5.44. The van der Waals surface area contributed by atoms with E-state index in [0.29, 0.717) is 0 Å². The topological polar surface area (TPSA) is 46.3 Å². The second-order valence-corrected chi connectivity index (χ2v) is 5.41. The van der Waals surface area contributed by atoms with Gasteiger partial charge in [-0.1, -0.05) is 0 Å². The first-order chi connectivity index (χ1) is 7.97. The van der Waals surface area contributed by atoms with E-state index in [0.717, 1.165) is 4.88 Å². The number of carbonyl (C=O) groups is 1. The normalized spacial score (nSPS) is 13.8. The Morgan fingerprint density at radius 3 is 2.76 bits per heavy atom. The molecule has 0 radical (unpaired) electrons. The van der Waals surface area contributed by atoms with E-state index in [1.54, 1.807) is 23.3 Å². The standard InChI is InChI=1S/C13H18N2OS/c1-5-6-11(14)13(16)15(4)10(3)12-8-7-9(2)17-12/h1,7-8,10-11H,6,14H2,2-4H3. The highest BCUT2D eigenvalue weighted by atomic mass is 32.1. The molecule has 0 aromatic carbocycles. The van der Waals surface area contributed by atoms with Gasteiger partial charge in [-0.05, 0) is 26.0 Å². The van der Waals surface area contributed by atoms with Crippen molar-refractivity contribution in [3.05, 3.63) is 21.9 Å². The summed E-state index contributed by atoms with van der Waals surface area (Å²) >= 11 is 1.69. The van der Waals surface area contributed by atoms with Crippen molar-refractivity contribution in [2.75, 3.05) is 7.05 Å². The van der Waals surface area contributed by atoms with E-state index in [2.05, 4.69) is 12.0 Å². The molecule has 0 aliphatic carbocycles. The smallest absolute Gasteiger partial charge is 0.240 e. The second-order valence-electron chi connectivity index (χ2n) is 4.09. The van der Waals surface area contributed by atoms with Gasteiger partial charge in [0.25, 0.3) is 0 Å². The van der Waals surface area contributed by atoms with Gasteiger partial charge in [0.15, 0.2) is 0 Å². The highest BCUT2D eigenvalue weighted by Gasteiger charge is 2.22. The number of amides is 1. The maximum absolute atomic E-state index is 12.0. The summed E-state index contributed by atoms with van der Waals surface area (Å²) < 4.78 is 0. The summed E-state index contributed by atoms with van der Waals surface area (Å²) in [6.45, 7) is 4.04. The first-order valence-corrected chi connectivity index (χ1v) is 6.31. The summed E-state index contributed by atoms with van der Waals surface area (Å²) in [5.74, 6) is 2.31. The largest absolute Gasteiger partial charge is 0.337 e. The van der Waals surface area contributed by atoms with Crippen molar-refractivity contribution in [3.63, 3.8) is 0 Å². The summed E-state index contributed by atoms with van der Waals surface area (Å²) in [4.78, 5) is 16.0. The lowest BCUT2D eigenvalue weighted by atomic mass is 10.1. The third kappa shape index (κ3) is 3.32. The second kappa shape index (κ2) is 5.85. The molecule has 1 rings (SSSR count). The molecule has 17 heavy (non-hydrogen) atoms. The number of hydrogen-bond donors (Lipinski definition) is 1. The van der Waals surface area contributed by atoms with Crippen molar-refractivity contribution in [1.82, 2.24) is 4.90 Å². The van der Waals surface area contributed by atoms with Crippen LogP contribution in [0.2, 0.25) is 0 Å². The van der Waals surface area contributed by atoms with Crippen molar-refractivity contribution in [1.29, 1.82) is 0 Å². The van der Waals surface area contributed by atoms with Gasteiger partial charge in [0.05, 0.1) is 12.1 Å². The molecule has 3 nitrogen and oxygen atoms in total. The summed E-state index contributed by atoms with van der Waals surface area (Å²) in [7, 11) is 1.76. The predicted octanol–water partition coefficient (Wildman–Crippen LogP) is 1.93. The van der Waals surface area contributed by atoms with Gasteiger partial charge in [-0.25, -0.2) is 0 Å². The molecule has 0 aliphatic rings. The van der Waals surface area contributed by atoms with Gasteiger partial charge in [0.2, 0.25) is 5.91 Å². The highest BCUT2D eigenvalue weighted by Crippen LogP contribution is 2.26. The third-order valence-corrected chi connectivity index (χ3v) is 3.93. The third-order valence-electron chi connectivity index (χ3n) is 2.76. The molecule has 1 aromatic heterocycles. The maximum Gasteiger partial charge on any atom is 0.240 e. The van der Waals surface area contributed by atoms with E-state index >= 15 is 0 Å². The fraction of sp³-hybridized carbons (Fsp3) is 0.462. The molecule has 92 valence electrons. The molecular formula is C13H18N2OS. The van der Waals surface area contributed by atoms with Crippen LogP contribution >= 0.6 is 11.3 Å². The van der Waals surface area contributed by atoms with Crippen molar-refractivity contribution in [2.45, 2.75) is 32.4 Å². The molecule has 1 amide bonds. The molecule has 2 N–H and O–H groups in total. The molecule has 2 atom stereocenters. The number of aryl methyl sites for hydroxylation is 1. The molecule has 0 saturated heterocycles. The lowest BCUT2D eigenvalue weighted by Crippen LogP contribution is -2.42. The molecule has 0 aliphatic heterocycles. The van der Waals surface area contributed by atoms with Gasteiger partial charge in [0.1, 0.15) is 0 Å². The van der Waals surface area contributed by atoms with Crippen LogP contribution < -0.4 is 5.73 Å². The Kier molecular flexibility index (Phi) is 4.73. The minimum atomic E-state index is -0.603. The van der Waals surface area contributed by atoms with Gasteiger partial charge in [-0.3, -0.25) is 4.79 Å². The Morgan fingerprint density at radius 2 is 2.29 bits per heavy atom. The van der Waals surface area contributed by atoms with Crippen LogP contribution in [0.5, 0.6) is 0 Å². The monoisotopic (exact) mass is 250 g/mol. The molecule has 2 unspecified atom stereocenters. The molecule has 1 aromatic rings. The van der Waals surface area contributed by atoms with Crippen molar-refractivity contribution >= 4 is 17.2 Å². The summed E-state index contributed by atoms with van der Waals surface area (Å²) in [5, 5.41) is 0. The number of likely N-dealkylation sites (N-methyl/N-ethyl adjacent to an activating group) is 1. The summed E-state index contributed by atoms with van der Waals surface area (Å²) in [6, 6.07) is 3.52. The van der Waals surface area contributed by atoms with Crippen LogP contribution in [-0.2, 0) is 4.79 Å². The SMILES string of the molecule is C#CCC(N)C(=O)N(C)C(C)c1ccc(C)s1. The van der Waals surface area contributed by atoms with Crippen molar-refractivity contribution < 1.29 is 4.79 Å². The summed E-state index contributed by atoms with van der Waals surface area (Å²) in [5.41, 5.74) is 5.72. The fourth-order valence-corrected chi connectivity index (χ4v) is 2.51. The van der Waals surface area contributed by atoms with Gasteiger partial charge in [-0.15, -0.1) is 23.7 Å².